The van der Waals surface area contributed by atoms with E-state index in [-0.39, 0.29) is 0 Å². The van der Waals surface area contributed by atoms with Gasteiger partial charge < -0.3 is 5.32 Å². The van der Waals surface area contributed by atoms with Gasteiger partial charge >= 0.3 is 0 Å². The highest BCUT2D eigenvalue weighted by molar-refractivity contribution is 7.16. The normalized spacial score (nSPS) is 27.1. The zero-order valence-corrected chi connectivity index (χ0v) is 14.6. The van der Waals surface area contributed by atoms with Crippen LogP contribution < -0.4 is 5.32 Å². The fraction of sp³-hybridized carbons (Fsp3) is 0.765. The van der Waals surface area contributed by atoms with Gasteiger partial charge in [0.15, 0.2) is 0 Å². The van der Waals surface area contributed by atoms with Gasteiger partial charge in [0.05, 0.1) is 4.34 Å². The lowest BCUT2D eigenvalue weighted by molar-refractivity contribution is 0.145. The molecule has 1 saturated carbocycles. The molecule has 20 heavy (non-hydrogen) atoms. The average Bonchev–Trinajstić information content (AvgIpc) is 2.82. The molecule has 1 heterocycles. The van der Waals surface area contributed by atoms with Crippen molar-refractivity contribution in [3.8, 4) is 0 Å². The number of hydrogen-bond donors (Lipinski definition) is 1. The van der Waals surface area contributed by atoms with Gasteiger partial charge in [-0.1, -0.05) is 32.4 Å². The molecule has 1 aromatic rings. The van der Waals surface area contributed by atoms with Gasteiger partial charge in [-0.2, -0.15) is 0 Å². The van der Waals surface area contributed by atoms with Gasteiger partial charge in [0.2, 0.25) is 0 Å². The third-order valence-electron chi connectivity index (χ3n) is 4.87. The summed E-state index contributed by atoms with van der Waals surface area (Å²) in [5.74, 6) is 3.40. The van der Waals surface area contributed by atoms with Gasteiger partial charge in [-0.25, -0.2) is 0 Å². The molecule has 1 aromatic heterocycles. The maximum Gasteiger partial charge on any atom is 0.0931 e. The summed E-state index contributed by atoms with van der Waals surface area (Å²) < 4.78 is 0.930. The maximum absolute atomic E-state index is 6.08. The van der Waals surface area contributed by atoms with Crippen LogP contribution in [-0.4, -0.2) is 13.1 Å². The number of halogens is 1. The molecule has 0 spiro atoms. The third kappa shape index (κ3) is 4.47. The molecule has 0 bridgehead atoms. The molecule has 3 heteroatoms. The van der Waals surface area contributed by atoms with Gasteiger partial charge in [-0.3, -0.25) is 0 Å². The number of nitrogens with one attached hydrogen (secondary N) is 1. The molecular weight excluding hydrogens is 286 g/mol. The Kier molecular flexibility index (Phi) is 6.38. The summed E-state index contributed by atoms with van der Waals surface area (Å²) in [5, 5.41) is 3.56. The monoisotopic (exact) mass is 313 g/mol. The highest BCUT2D eigenvalue weighted by Crippen LogP contribution is 2.40. The largest absolute Gasteiger partial charge is 0.317 e. The summed E-state index contributed by atoms with van der Waals surface area (Å²) in [5.41, 5.74) is 0. The predicted molar refractivity (Wildman–Crippen MR) is 90.7 cm³/mol. The minimum Gasteiger partial charge on any atom is -0.317 e. The van der Waals surface area contributed by atoms with E-state index in [1.165, 1.54) is 37.1 Å². The number of thiophene rings is 1. The van der Waals surface area contributed by atoms with Crippen LogP contribution in [0.1, 0.15) is 44.9 Å². The minimum atomic E-state index is 0.824. The van der Waals surface area contributed by atoms with Crippen molar-refractivity contribution in [2.45, 2.75) is 46.5 Å². The average molecular weight is 314 g/mol. The van der Waals surface area contributed by atoms with Crippen LogP contribution in [-0.2, 0) is 6.42 Å². The topological polar surface area (TPSA) is 12.0 Å². The van der Waals surface area contributed by atoms with Gasteiger partial charge in [0, 0.05) is 4.88 Å². The van der Waals surface area contributed by atoms with E-state index in [1.807, 2.05) is 6.07 Å². The fourth-order valence-corrected chi connectivity index (χ4v) is 4.72. The van der Waals surface area contributed by atoms with E-state index >= 15 is 0 Å². The second kappa shape index (κ2) is 7.82. The highest BCUT2D eigenvalue weighted by atomic mass is 35.5. The SMILES string of the molecule is CCNCC1CCC(C(C)C)CC1Cc1ccc(Cl)s1. The van der Waals surface area contributed by atoms with Crippen LogP contribution in [0.5, 0.6) is 0 Å². The van der Waals surface area contributed by atoms with Crippen LogP contribution in [0.25, 0.3) is 0 Å². The Morgan fingerprint density at radius 2 is 2.10 bits per heavy atom. The van der Waals surface area contributed by atoms with Crippen LogP contribution in [0.2, 0.25) is 4.34 Å². The molecule has 1 aliphatic rings. The second-order valence-electron chi connectivity index (χ2n) is 6.55. The van der Waals surface area contributed by atoms with E-state index in [0.717, 1.165) is 34.6 Å². The fourth-order valence-electron chi connectivity index (χ4n) is 3.54. The van der Waals surface area contributed by atoms with Crippen molar-refractivity contribution in [2.24, 2.45) is 23.7 Å². The molecule has 114 valence electrons. The molecule has 0 amide bonds. The van der Waals surface area contributed by atoms with Crippen molar-refractivity contribution in [3.05, 3.63) is 21.3 Å². The predicted octanol–water partition coefficient (Wildman–Crippen LogP) is 5.24. The number of rotatable bonds is 6. The molecule has 3 atom stereocenters. The molecule has 2 rings (SSSR count). The van der Waals surface area contributed by atoms with Crippen molar-refractivity contribution >= 4 is 22.9 Å². The van der Waals surface area contributed by atoms with Crippen LogP contribution in [0.4, 0.5) is 0 Å². The minimum absolute atomic E-state index is 0.824. The van der Waals surface area contributed by atoms with Crippen LogP contribution in [0.15, 0.2) is 12.1 Å². The molecule has 0 radical (unpaired) electrons. The zero-order chi connectivity index (χ0) is 14.5. The molecule has 0 saturated heterocycles. The van der Waals surface area contributed by atoms with Gasteiger partial charge in [-0.15, -0.1) is 11.3 Å². The van der Waals surface area contributed by atoms with Crippen LogP contribution in [0.3, 0.4) is 0 Å². The molecule has 1 N–H and O–H groups in total. The Labute approximate surface area is 133 Å². The van der Waals surface area contributed by atoms with Crippen molar-refractivity contribution in [2.75, 3.05) is 13.1 Å². The Morgan fingerprint density at radius 3 is 2.70 bits per heavy atom. The molecule has 0 aromatic carbocycles. The quantitative estimate of drug-likeness (QED) is 0.757. The maximum atomic E-state index is 6.08. The first-order valence-corrected chi connectivity index (χ1v) is 9.24. The van der Waals surface area contributed by atoms with Gasteiger partial charge in [0.1, 0.15) is 0 Å². The summed E-state index contributed by atoms with van der Waals surface area (Å²) in [7, 11) is 0. The first-order chi connectivity index (χ1) is 9.60. The number of hydrogen-bond acceptors (Lipinski definition) is 2. The van der Waals surface area contributed by atoms with Crippen LogP contribution in [0, 0.1) is 23.7 Å². The van der Waals surface area contributed by atoms with E-state index in [4.69, 9.17) is 11.6 Å². The summed E-state index contributed by atoms with van der Waals surface area (Å²) in [6, 6.07) is 4.26. The highest BCUT2D eigenvalue weighted by Gasteiger charge is 2.31. The first-order valence-electron chi connectivity index (χ1n) is 8.05. The summed E-state index contributed by atoms with van der Waals surface area (Å²) in [4.78, 5) is 1.46. The van der Waals surface area contributed by atoms with Gasteiger partial charge in [0.25, 0.3) is 0 Å². The van der Waals surface area contributed by atoms with Crippen LogP contribution >= 0.6 is 22.9 Å². The Hall–Kier alpha value is -0.0500. The van der Waals surface area contributed by atoms with E-state index in [1.54, 1.807) is 11.3 Å². The molecule has 0 aliphatic heterocycles. The molecule has 3 unspecified atom stereocenters. The lowest BCUT2D eigenvalue weighted by Crippen LogP contribution is -2.35. The van der Waals surface area contributed by atoms with Crippen molar-refractivity contribution in [1.82, 2.24) is 5.32 Å². The Morgan fingerprint density at radius 1 is 1.30 bits per heavy atom. The molecule has 1 nitrogen and oxygen atoms in total. The third-order valence-corrected chi connectivity index (χ3v) is 6.13. The second-order valence-corrected chi connectivity index (χ2v) is 8.35. The van der Waals surface area contributed by atoms with E-state index in [0.29, 0.717) is 0 Å². The zero-order valence-electron chi connectivity index (χ0n) is 13.0. The lowest BCUT2D eigenvalue weighted by Gasteiger charge is -2.38. The van der Waals surface area contributed by atoms with Gasteiger partial charge in [-0.05, 0) is 74.6 Å². The Balaban J connectivity index is 2.00. The Bertz CT molecular complexity index is 401. The lowest BCUT2D eigenvalue weighted by atomic mass is 9.69. The first kappa shape index (κ1) is 16.3. The summed E-state index contributed by atoms with van der Waals surface area (Å²) >= 11 is 7.85. The smallest absolute Gasteiger partial charge is 0.0931 e. The molecule has 1 aliphatic carbocycles. The van der Waals surface area contributed by atoms with E-state index in [9.17, 15) is 0 Å². The molecule has 1 fully saturated rings. The van der Waals surface area contributed by atoms with E-state index < -0.39 is 0 Å². The summed E-state index contributed by atoms with van der Waals surface area (Å²) in [6.07, 6.45) is 5.41. The molecular formula is C17H28ClNS. The standard InChI is InChI=1S/C17H28ClNS/c1-4-19-11-14-6-5-13(12(2)3)9-15(14)10-16-7-8-17(18)20-16/h7-8,12-15,19H,4-6,9-11H2,1-3H3. The van der Waals surface area contributed by atoms with Crippen molar-refractivity contribution in [1.29, 1.82) is 0 Å². The summed E-state index contributed by atoms with van der Waals surface area (Å²) in [6.45, 7) is 9.24. The van der Waals surface area contributed by atoms with Crippen molar-refractivity contribution in [3.63, 3.8) is 0 Å². The van der Waals surface area contributed by atoms with E-state index in [2.05, 4.69) is 32.2 Å². The van der Waals surface area contributed by atoms with Crippen molar-refractivity contribution < 1.29 is 0 Å².